The Kier molecular flexibility index (Phi) is 6.36. The lowest BCUT2D eigenvalue weighted by Crippen LogP contribution is -2.42. The van der Waals surface area contributed by atoms with Crippen molar-refractivity contribution in [3.63, 3.8) is 0 Å². The van der Waals surface area contributed by atoms with E-state index >= 15 is 0 Å². The summed E-state index contributed by atoms with van der Waals surface area (Å²) in [4.78, 5) is 36.5. The van der Waals surface area contributed by atoms with Crippen molar-refractivity contribution in [2.75, 3.05) is 11.9 Å². The number of ether oxygens (including phenoxy) is 1. The van der Waals surface area contributed by atoms with E-state index in [4.69, 9.17) is 4.74 Å². The summed E-state index contributed by atoms with van der Waals surface area (Å²) < 4.78 is 6.71. The number of hydrogen-bond donors (Lipinski definition) is 3. The van der Waals surface area contributed by atoms with E-state index in [9.17, 15) is 19.5 Å². The predicted octanol–water partition coefficient (Wildman–Crippen LogP) is 3.62. The van der Waals surface area contributed by atoms with Gasteiger partial charge in [-0.25, -0.2) is 9.59 Å². The quantitative estimate of drug-likeness (QED) is 0.493. The number of amides is 2. The maximum Gasteiger partial charge on any atom is 0.407 e. The van der Waals surface area contributed by atoms with E-state index in [2.05, 4.69) is 27.9 Å². The highest BCUT2D eigenvalue weighted by Crippen LogP contribution is 2.44. The summed E-state index contributed by atoms with van der Waals surface area (Å²) >= 11 is 0. The van der Waals surface area contributed by atoms with Gasteiger partial charge in [-0.05, 0) is 29.2 Å². The lowest BCUT2D eigenvalue weighted by atomic mass is 9.98. The SMILES string of the molecule is CC(NC(=O)OCC1c2ccccc2-c2ccccc21)C(C)C(=O)Nc1cnn(C)c1C(=O)O. The molecule has 1 aliphatic carbocycles. The first-order valence-corrected chi connectivity index (χ1v) is 11.0. The summed E-state index contributed by atoms with van der Waals surface area (Å²) in [6.45, 7) is 3.50. The molecule has 0 saturated heterocycles. The van der Waals surface area contributed by atoms with Crippen molar-refractivity contribution in [1.29, 1.82) is 0 Å². The summed E-state index contributed by atoms with van der Waals surface area (Å²) in [5, 5.41) is 18.4. The molecule has 1 aliphatic rings. The molecule has 1 heterocycles. The maximum atomic E-state index is 12.6. The molecule has 9 nitrogen and oxygen atoms in total. The average molecular weight is 463 g/mol. The number of hydrogen-bond acceptors (Lipinski definition) is 5. The van der Waals surface area contributed by atoms with Gasteiger partial charge in [0.25, 0.3) is 0 Å². The zero-order chi connectivity index (χ0) is 24.4. The standard InChI is InChI=1S/C25H26N4O5/c1-14(23(30)28-21-12-26-29(3)22(21)24(31)32)15(2)27-25(33)34-13-20-18-10-6-4-8-16(18)17-9-5-7-11-19(17)20/h4-12,14-15,20H,13H2,1-3H3,(H,27,33)(H,28,30)(H,31,32). The van der Waals surface area contributed by atoms with Crippen molar-refractivity contribution < 1.29 is 24.2 Å². The number of anilines is 1. The number of aryl methyl sites for hydroxylation is 1. The lowest BCUT2D eigenvalue weighted by molar-refractivity contribution is -0.120. The largest absolute Gasteiger partial charge is 0.476 e. The van der Waals surface area contributed by atoms with Crippen LogP contribution >= 0.6 is 0 Å². The smallest absolute Gasteiger partial charge is 0.407 e. The van der Waals surface area contributed by atoms with Gasteiger partial charge in [0.05, 0.1) is 17.8 Å². The molecule has 34 heavy (non-hydrogen) atoms. The second-order valence-corrected chi connectivity index (χ2v) is 8.37. The first-order chi connectivity index (χ1) is 16.3. The monoisotopic (exact) mass is 462 g/mol. The molecule has 3 aromatic rings. The number of fused-ring (bicyclic) bond motifs is 3. The Hall–Kier alpha value is -4.14. The second kappa shape index (κ2) is 9.38. The van der Waals surface area contributed by atoms with Gasteiger partial charge in [-0.2, -0.15) is 5.10 Å². The normalized spacial score (nSPS) is 14.0. The van der Waals surface area contributed by atoms with Crippen LogP contribution in [0.15, 0.2) is 54.7 Å². The van der Waals surface area contributed by atoms with Crippen LogP contribution < -0.4 is 10.6 Å². The van der Waals surface area contributed by atoms with Gasteiger partial charge in [-0.3, -0.25) is 9.48 Å². The minimum atomic E-state index is -1.20. The Balaban J connectivity index is 1.35. The minimum absolute atomic E-state index is 0.0609. The highest BCUT2D eigenvalue weighted by atomic mass is 16.5. The molecule has 0 saturated carbocycles. The molecule has 2 atom stereocenters. The van der Waals surface area contributed by atoms with Gasteiger partial charge in [0.1, 0.15) is 6.61 Å². The number of aromatic nitrogens is 2. The summed E-state index contributed by atoms with van der Waals surface area (Å²) in [5.74, 6) is -2.36. The van der Waals surface area contributed by atoms with Gasteiger partial charge in [0, 0.05) is 19.0 Å². The van der Waals surface area contributed by atoms with Gasteiger partial charge in [0.2, 0.25) is 5.91 Å². The van der Waals surface area contributed by atoms with Gasteiger partial charge >= 0.3 is 12.1 Å². The molecule has 2 aromatic carbocycles. The van der Waals surface area contributed by atoms with E-state index in [0.29, 0.717) is 0 Å². The number of benzene rings is 2. The van der Waals surface area contributed by atoms with Crippen LogP contribution in [0.5, 0.6) is 0 Å². The molecule has 176 valence electrons. The molecule has 2 amide bonds. The van der Waals surface area contributed by atoms with Crippen LogP contribution in [0.25, 0.3) is 11.1 Å². The third-order valence-electron chi connectivity index (χ3n) is 6.25. The zero-order valence-corrected chi connectivity index (χ0v) is 19.1. The number of aromatic carboxylic acids is 1. The fraction of sp³-hybridized carbons (Fsp3) is 0.280. The Bertz CT molecular complexity index is 1210. The van der Waals surface area contributed by atoms with Crippen LogP contribution in [0.1, 0.15) is 41.4 Å². The highest BCUT2D eigenvalue weighted by molar-refractivity contribution is 6.00. The Labute approximate surface area is 196 Å². The first kappa shape index (κ1) is 23.0. The van der Waals surface area contributed by atoms with Gasteiger partial charge in [-0.1, -0.05) is 55.5 Å². The van der Waals surface area contributed by atoms with Crippen LogP contribution in [0.2, 0.25) is 0 Å². The molecule has 3 N–H and O–H groups in total. The van der Waals surface area contributed by atoms with Gasteiger partial charge < -0.3 is 20.5 Å². The Morgan fingerprint density at radius 2 is 1.65 bits per heavy atom. The molecule has 0 fully saturated rings. The van der Waals surface area contributed by atoms with Crippen molar-refractivity contribution >= 4 is 23.7 Å². The summed E-state index contributed by atoms with van der Waals surface area (Å²) in [6.07, 6.45) is 0.652. The number of nitrogens with one attached hydrogen (secondary N) is 2. The van der Waals surface area contributed by atoms with Crippen LogP contribution in [-0.2, 0) is 16.6 Å². The molecule has 2 unspecified atom stereocenters. The molecule has 0 aliphatic heterocycles. The zero-order valence-electron chi connectivity index (χ0n) is 19.1. The van der Waals surface area contributed by atoms with E-state index in [1.54, 1.807) is 13.8 Å². The maximum absolute atomic E-state index is 12.6. The summed E-state index contributed by atoms with van der Waals surface area (Å²) in [5.41, 5.74) is 4.48. The van der Waals surface area contributed by atoms with E-state index in [0.717, 1.165) is 22.3 Å². The number of alkyl carbamates (subject to hydrolysis) is 1. The highest BCUT2D eigenvalue weighted by Gasteiger charge is 2.30. The molecule has 4 rings (SSSR count). The molecule has 9 heteroatoms. The van der Waals surface area contributed by atoms with E-state index in [1.807, 2.05) is 36.4 Å². The predicted molar refractivity (Wildman–Crippen MR) is 126 cm³/mol. The average Bonchev–Trinajstić information content (AvgIpc) is 3.34. The molecule has 0 radical (unpaired) electrons. The summed E-state index contributed by atoms with van der Waals surface area (Å²) in [7, 11) is 1.48. The number of carbonyl (C=O) groups is 3. The first-order valence-electron chi connectivity index (χ1n) is 11.0. The van der Waals surface area contributed by atoms with Crippen molar-refractivity contribution in [1.82, 2.24) is 15.1 Å². The minimum Gasteiger partial charge on any atom is -0.476 e. The van der Waals surface area contributed by atoms with Crippen molar-refractivity contribution in [2.24, 2.45) is 13.0 Å². The Morgan fingerprint density at radius 1 is 1.06 bits per heavy atom. The number of nitrogens with zero attached hydrogens (tertiary/aromatic N) is 2. The molecule has 1 aromatic heterocycles. The van der Waals surface area contributed by atoms with E-state index in [1.165, 1.54) is 17.9 Å². The lowest BCUT2D eigenvalue weighted by Gasteiger charge is -2.21. The van der Waals surface area contributed by atoms with Crippen LogP contribution in [-0.4, -0.2) is 45.5 Å². The van der Waals surface area contributed by atoms with E-state index < -0.39 is 29.9 Å². The third kappa shape index (κ3) is 4.36. The van der Waals surface area contributed by atoms with Gasteiger partial charge in [0.15, 0.2) is 5.69 Å². The van der Waals surface area contributed by atoms with E-state index in [-0.39, 0.29) is 23.9 Å². The number of carbonyl (C=O) groups excluding carboxylic acids is 2. The molecule has 0 bridgehead atoms. The fourth-order valence-electron chi connectivity index (χ4n) is 4.21. The number of carboxylic acid groups (broad SMARTS) is 1. The van der Waals surface area contributed by atoms with Crippen LogP contribution in [0, 0.1) is 5.92 Å². The number of carboxylic acids is 1. The van der Waals surface area contributed by atoms with Crippen LogP contribution in [0.3, 0.4) is 0 Å². The topological polar surface area (TPSA) is 123 Å². The number of rotatable bonds is 7. The fourth-order valence-corrected chi connectivity index (χ4v) is 4.21. The van der Waals surface area contributed by atoms with Crippen molar-refractivity contribution in [3.8, 4) is 11.1 Å². The second-order valence-electron chi connectivity index (χ2n) is 8.37. The Morgan fingerprint density at radius 3 is 2.24 bits per heavy atom. The van der Waals surface area contributed by atoms with Crippen molar-refractivity contribution in [3.05, 3.63) is 71.5 Å². The molecule has 0 spiro atoms. The molecular formula is C25H26N4O5. The third-order valence-corrected chi connectivity index (χ3v) is 6.25. The van der Waals surface area contributed by atoms with Crippen LogP contribution in [0.4, 0.5) is 10.5 Å². The van der Waals surface area contributed by atoms with Gasteiger partial charge in [-0.15, -0.1) is 0 Å². The molecular weight excluding hydrogens is 436 g/mol. The van der Waals surface area contributed by atoms with Crippen molar-refractivity contribution in [2.45, 2.75) is 25.8 Å². The summed E-state index contributed by atoms with van der Waals surface area (Å²) in [6, 6.07) is 15.6.